The van der Waals surface area contributed by atoms with Crippen LogP contribution < -0.4 is 4.74 Å². The van der Waals surface area contributed by atoms with E-state index >= 15 is 0 Å². The van der Waals surface area contributed by atoms with Crippen LogP contribution >= 0.6 is 0 Å². The minimum Gasteiger partial charge on any atom is -0.491 e. The lowest BCUT2D eigenvalue weighted by Gasteiger charge is -2.18. The average Bonchev–Trinajstić information content (AvgIpc) is 3.42. The van der Waals surface area contributed by atoms with Gasteiger partial charge in [-0.2, -0.15) is 0 Å². The van der Waals surface area contributed by atoms with Crippen molar-refractivity contribution in [1.82, 2.24) is 0 Å². The van der Waals surface area contributed by atoms with E-state index in [1.165, 1.54) is 50.1 Å². The standard InChI is InChI=1S/C39H30O2/c40-22-23-41-38-21-17-31(25-36(38)29-14-8-3-9-15-29)39-34(28-12-6-2-7-13-28)19-20-35-33-18-16-30(24-32(33)26-37(35)39)27-10-4-1-5-11-27/h1-21,24-25,40H,22-23,26H2. The first-order valence-electron chi connectivity index (χ1n) is 14.1. The van der Waals surface area contributed by atoms with Crippen LogP contribution in [-0.2, 0) is 6.42 Å². The summed E-state index contributed by atoms with van der Waals surface area (Å²) in [5.41, 5.74) is 14.8. The highest BCUT2D eigenvalue weighted by molar-refractivity contribution is 5.95. The zero-order valence-electron chi connectivity index (χ0n) is 22.8. The van der Waals surface area contributed by atoms with Crippen molar-refractivity contribution in [2.75, 3.05) is 13.2 Å². The van der Waals surface area contributed by atoms with E-state index in [0.717, 1.165) is 28.9 Å². The smallest absolute Gasteiger partial charge is 0.127 e. The number of aliphatic hydroxyl groups excluding tert-OH is 1. The zero-order valence-corrected chi connectivity index (χ0v) is 22.8. The van der Waals surface area contributed by atoms with E-state index in [0.29, 0.717) is 0 Å². The third-order valence-corrected chi connectivity index (χ3v) is 7.97. The molecule has 0 unspecified atom stereocenters. The van der Waals surface area contributed by atoms with E-state index in [1.54, 1.807) is 0 Å². The molecule has 6 aromatic carbocycles. The average molecular weight is 531 g/mol. The summed E-state index contributed by atoms with van der Waals surface area (Å²) >= 11 is 0. The van der Waals surface area contributed by atoms with E-state index in [1.807, 2.05) is 6.07 Å². The Hall–Kier alpha value is -4.92. The fourth-order valence-electron chi connectivity index (χ4n) is 6.09. The van der Waals surface area contributed by atoms with Crippen LogP contribution in [0, 0.1) is 0 Å². The van der Waals surface area contributed by atoms with Crippen LogP contribution in [0.4, 0.5) is 0 Å². The van der Waals surface area contributed by atoms with Gasteiger partial charge < -0.3 is 9.84 Å². The van der Waals surface area contributed by atoms with Gasteiger partial charge in [0, 0.05) is 5.56 Å². The van der Waals surface area contributed by atoms with Crippen LogP contribution in [0.1, 0.15) is 11.1 Å². The van der Waals surface area contributed by atoms with Gasteiger partial charge in [-0.3, -0.25) is 0 Å². The number of aliphatic hydroxyl groups is 1. The molecule has 0 heterocycles. The number of hydrogen-bond acceptors (Lipinski definition) is 2. The summed E-state index contributed by atoms with van der Waals surface area (Å²) in [6, 6.07) is 49.6. The van der Waals surface area contributed by atoms with Gasteiger partial charge in [0.2, 0.25) is 0 Å². The van der Waals surface area contributed by atoms with Crippen molar-refractivity contribution in [3.63, 3.8) is 0 Å². The van der Waals surface area contributed by atoms with Crippen LogP contribution in [0.3, 0.4) is 0 Å². The predicted octanol–water partition coefficient (Wildman–Crippen LogP) is 9.30. The minimum absolute atomic E-state index is 0.0242. The van der Waals surface area contributed by atoms with Crippen molar-refractivity contribution in [1.29, 1.82) is 0 Å². The number of rotatable bonds is 7. The Bertz CT molecular complexity index is 1820. The number of hydrogen-bond donors (Lipinski definition) is 1. The van der Waals surface area contributed by atoms with Gasteiger partial charge in [-0.25, -0.2) is 0 Å². The first kappa shape index (κ1) is 25.1. The molecule has 41 heavy (non-hydrogen) atoms. The van der Waals surface area contributed by atoms with E-state index in [-0.39, 0.29) is 13.2 Å². The van der Waals surface area contributed by atoms with Crippen LogP contribution in [-0.4, -0.2) is 18.3 Å². The fourth-order valence-corrected chi connectivity index (χ4v) is 6.09. The molecule has 0 saturated carbocycles. The molecule has 1 N–H and O–H groups in total. The number of fused-ring (bicyclic) bond motifs is 3. The van der Waals surface area contributed by atoms with Crippen molar-refractivity contribution in [3.05, 3.63) is 151 Å². The van der Waals surface area contributed by atoms with Crippen LogP contribution in [0.25, 0.3) is 55.6 Å². The molecule has 0 radical (unpaired) electrons. The summed E-state index contributed by atoms with van der Waals surface area (Å²) < 4.78 is 5.99. The van der Waals surface area contributed by atoms with Gasteiger partial charge in [-0.15, -0.1) is 0 Å². The lowest BCUT2D eigenvalue weighted by atomic mass is 9.86. The molecule has 0 amide bonds. The summed E-state index contributed by atoms with van der Waals surface area (Å²) in [6.45, 7) is 0.234. The first-order chi connectivity index (χ1) is 20.3. The molecule has 0 spiro atoms. The first-order valence-corrected chi connectivity index (χ1v) is 14.1. The van der Waals surface area contributed by atoms with Gasteiger partial charge in [0.15, 0.2) is 0 Å². The monoisotopic (exact) mass is 530 g/mol. The Morgan fingerprint density at radius 3 is 1.76 bits per heavy atom. The molecule has 6 aromatic rings. The molecule has 0 saturated heterocycles. The van der Waals surface area contributed by atoms with Crippen molar-refractivity contribution in [2.24, 2.45) is 0 Å². The molecule has 2 heteroatoms. The Labute approximate surface area is 241 Å². The molecule has 0 bridgehead atoms. The van der Waals surface area contributed by atoms with E-state index in [2.05, 4.69) is 133 Å². The topological polar surface area (TPSA) is 29.5 Å². The predicted molar refractivity (Wildman–Crippen MR) is 169 cm³/mol. The molecule has 1 aliphatic carbocycles. The largest absolute Gasteiger partial charge is 0.491 e. The van der Waals surface area contributed by atoms with Gasteiger partial charge in [0.1, 0.15) is 12.4 Å². The molecule has 7 rings (SSSR count). The molecule has 0 aromatic heterocycles. The minimum atomic E-state index is -0.0242. The van der Waals surface area contributed by atoms with Crippen LogP contribution in [0.5, 0.6) is 5.75 Å². The molecule has 1 aliphatic rings. The number of benzene rings is 6. The Morgan fingerprint density at radius 1 is 0.488 bits per heavy atom. The lowest BCUT2D eigenvalue weighted by Crippen LogP contribution is -2.03. The van der Waals surface area contributed by atoms with Crippen molar-refractivity contribution in [2.45, 2.75) is 6.42 Å². The van der Waals surface area contributed by atoms with Crippen molar-refractivity contribution < 1.29 is 9.84 Å². The third-order valence-electron chi connectivity index (χ3n) is 7.97. The highest BCUT2D eigenvalue weighted by Crippen LogP contribution is 2.48. The summed E-state index contributed by atoms with van der Waals surface area (Å²) in [5, 5.41) is 9.44. The quantitative estimate of drug-likeness (QED) is 0.222. The summed E-state index contributed by atoms with van der Waals surface area (Å²) in [4.78, 5) is 0. The molecule has 198 valence electrons. The molecule has 0 atom stereocenters. The second kappa shape index (κ2) is 10.9. The maximum absolute atomic E-state index is 9.44. The van der Waals surface area contributed by atoms with E-state index in [4.69, 9.17) is 4.74 Å². The number of ether oxygens (including phenoxy) is 1. The van der Waals surface area contributed by atoms with Crippen molar-refractivity contribution >= 4 is 0 Å². The summed E-state index contributed by atoms with van der Waals surface area (Å²) in [7, 11) is 0. The Kier molecular flexibility index (Phi) is 6.68. The van der Waals surface area contributed by atoms with Crippen molar-refractivity contribution in [3.8, 4) is 61.4 Å². The molecule has 0 fully saturated rings. The molecular formula is C39H30O2. The normalized spacial score (nSPS) is 11.6. The van der Waals surface area contributed by atoms with Gasteiger partial charge in [-0.05, 0) is 79.8 Å². The molecule has 2 nitrogen and oxygen atoms in total. The summed E-state index contributed by atoms with van der Waals surface area (Å²) in [6.07, 6.45) is 0.880. The van der Waals surface area contributed by atoms with Gasteiger partial charge in [-0.1, -0.05) is 127 Å². The highest BCUT2D eigenvalue weighted by Gasteiger charge is 2.25. The van der Waals surface area contributed by atoms with Crippen LogP contribution in [0.15, 0.2) is 140 Å². The van der Waals surface area contributed by atoms with Gasteiger partial charge >= 0.3 is 0 Å². The maximum Gasteiger partial charge on any atom is 0.127 e. The second-order valence-corrected chi connectivity index (χ2v) is 10.4. The SMILES string of the molecule is OCCOc1ccc(-c2c(-c3ccccc3)ccc3c2Cc2cc(-c4ccccc4)ccc2-3)cc1-c1ccccc1. The van der Waals surface area contributed by atoms with E-state index < -0.39 is 0 Å². The zero-order chi connectivity index (χ0) is 27.6. The Morgan fingerprint density at radius 2 is 1.07 bits per heavy atom. The summed E-state index contributed by atoms with van der Waals surface area (Å²) in [5.74, 6) is 0.777. The highest BCUT2D eigenvalue weighted by atomic mass is 16.5. The van der Waals surface area contributed by atoms with Crippen LogP contribution in [0.2, 0.25) is 0 Å². The second-order valence-electron chi connectivity index (χ2n) is 10.4. The lowest BCUT2D eigenvalue weighted by molar-refractivity contribution is 0.202. The fraction of sp³-hybridized carbons (Fsp3) is 0.0769. The third kappa shape index (κ3) is 4.73. The van der Waals surface area contributed by atoms with E-state index in [9.17, 15) is 5.11 Å². The Balaban J connectivity index is 1.41. The molecular weight excluding hydrogens is 500 g/mol. The molecule has 0 aliphatic heterocycles. The van der Waals surface area contributed by atoms with Gasteiger partial charge in [0.05, 0.1) is 6.61 Å². The maximum atomic E-state index is 9.44. The van der Waals surface area contributed by atoms with Gasteiger partial charge in [0.25, 0.3) is 0 Å².